The highest BCUT2D eigenvalue weighted by atomic mass is 35.5. The number of aromatic nitrogens is 1. The number of hydrogen-bond acceptors (Lipinski definition) is 2. The first-order chi connectivity index (χ1) is 11.0. The number of nitrogens with one attached hydrogen (secondary N) is 2. The standard InChI is InChI=1S/C17H14ClFN2O2/c1-9-12-5-4-11(19)8-13(12)20-16(9)17(22)21-14-7-10(18)3-6-15(14)23-2/h3-8,20H,1-2H3,(H,21,22). The summed E-state index contributed by atoms with van der Waals surface area (Å²) < 4.78 is 18.5. The van der Waals surface area contributed by atoms with E-state index in [-0.39, 0.29) is 11.7 Å². The van der Waals surface area contributed by atoms with Gasteiger partial charge in [0, 0.05) is 15.9 Å². The van der Waals surface area contributed by atoms with E-state index in [0.29, 0.717) is 27.7 Å². The van der Waals surface area contributed by atoms with Gasteiger partial charge >= 0.3 is 0 Å². The number of ether oxygens (including phenoxy) is 1. The van der Waals surface area contributed by atoms with Crippen LogP contribution in [0.3, 0.4) is 0 Å². The minimum Gasteiger partial charge on any atom is -0.495 e. The van der Waals surface area contributed by atoms with Gasteiger partial charge in [-0.15, -0.1) is 0 Å². The number of H-pyrrole nitrogens is 1. The van der Waals surface area contributed by atoms with Gasteiger partial charge in [0.25, 0.3) is 5.91 Å². The van der Waals surface area contributed by atoms with E-state index in [1.807, 2.05) is 0 Å². The quantitative estimate of drug-likeness (QED) is 0.740. The molecule has 3 aromatic rings. The SMILES string of the molecule is COc1ccc(Cl)cc1NC(=O)c1[nH]c2cc(F)ccc2c1C. The molecule has 2 aromatic carbocycles. The summed E-state index contributed by atoms with van der Waals surface area (Å²) in [6.07, 6.45) is 0. The molecule has 0 unspecified atom stereocenters. The molecule has 0 aliphatic rings. The van der Waals surface area contributed by atoms with Crippen LogP contribution in [0.5, 0.6) is 5.75 Å². The van der Waals surface area contributed by atoms with Gasteiger partial charge in [-0.2, -0.15) is 0 Å². The van der Waals surface area contributed by atoms with Gasteiger partial charge in [0.1, 0.15) is 17.3 Å². The molecule has 0 saturated heterocycles. The highest BCUT2D eigenvalue weighted by Gasteiger charge is 2.17. The second-order valence-electron chi connectivity index (χ2n) is 5.11. The minimum atomic E-state index is -0.359. The third-order valence-corrected chi connectivity index (χ3v) is 3.89. The normalized spacial score (nSPS) is 10.8. The molecule has 0 radical (unpaired) electrons. The van der Waals surface area contributed by atoms with Crippen LogP contribution in [0.25, 0.3) is 10.9 Å². The zero-order valence-electron chi connectivity index (χ0n) is 12.5. The van der Waals surface area contributed by atoms with Crippen molar-refractivity contribution in [3.05, 3.63) is 58.5 Å². The summed E-state index contributed by atoms with van der Waals surface area (Å²) >= 11 is 5.96. The third-order valence-electron chi connectivity index (χ3n) is 3.66. The number of rotatable bonds is 3. The number of anilines is 1. The van der Waals surface area contributed by atoms with Crippen molar-refractivity contribution in [3.8, 4) is 5.75 Å². The van der Waals surface area contributed by atoms with Crippen LogP contribution in [0.4, 0.5) is 10.1 Å². The zero-order chi connectivity index (χ0) is 16.6. The molecule has 0 bridgehead atoms. The number of aromatic amines is 1. The molecular weight excluding hydrogens is 319 g/mol. The molecule has 0 fully saturated rings. The van der Waals surface area contributed by atoms with Crippen LogP contribution in [0.1, 0.15) is 16.1 Å². The Balaban J connectivity index is 1.98. The van der Waals surface area contributed by atoms with Crippen LogP contribution in [0.2, 0.25) is 5.02 Å². The maximum Gasteiger partial charge on any atom is 0.272 e. The van der Waals surface area contributed by atoms with Crippen LogP contribution in [-0.2, 0) is 0 Å². The first kappa shape index (κ1) is 15.4. The Bertz CT molecular complexity index is 905. The smallest absolute Gasteiger partial charge is 0.272 e. The molecule has 4 nitrogen and oxygen atoms in total. The molecule has 1 amide bonds. The van der Waals surface area contributed by atoms with Crippen LogP contribution in [0, 0.1) is 12.7 Å². The van der Waals surface area contributed by atoms with E-state index >= 15 is 0 Å². The Morgan fingerprint density at radius 3 is 2.78 bits per heavy atom. The highest BCUT2D eigenvalue weighted by Crippen LogP contribution is 2.29. The van der Waals surface area contributed by atoms with Gasteiger partial charge in [-0.3, -0.25) is 4.79 Å². The third kappa shape index (κ3) is 2.87. The molecular formula is C17H14ClFN2O2. The predicted octanol–water partition coefficient (Wildman–Crippen LogP) is 4.53. The number of carbonyl (C=O) groups excluding carboxylic acids is 1. The topological polar surface area (TPSA) is 54.1 Å². The summed E-state index contributed by atoms with van der Waals surface area (Å²) in [6.45, 7) is 1.81. The lowest BCUT2D eigenvalue weighted by atomic mass is 10.1. The molecule has 0 spiro atoms. The van der Waals surface area contributed by atoms with E-state index in [2.05, 4.69) is 10.3 Å². The van der Waals surface area contributed by atoms with Gasteiger partial charge < -0.3 is 15.0 Å². The molecule has 1 heterocycles. The van der Waals surface area contributed by atoms with Crippen molar-refractivity contribution < 1.29 is 13.9 Å². The predicted molar refractivity (Wildman–Crippen MR) is 89.0 cm³/mol. The Kier molecular flexibility index (Phi) is 3.96. The van der Waals surface area contributed by atoms with Gasteiger partial charge in [0.05, 0.1) is 12.8 Å². The maximum absolute atomic E-state index is 13.3. The minimum absolute atomic E-state index is 0.348. The summed E-state index contributed by atoms with van der Waals surface area (Å²) in [5, 5.41) is 4.05. The van der Waals surface area contributed by atoms with E-state index in [0.717, 1.165) is 10.9 Å². The van der Waals surface area contributed by atoms with Crippen molar-refractivity contribution >= 4 is 34.1 Å². The molecule has 0 aliphatic heterocycles. The van der Waals surface area contributed by atoms with Gasteiger partial charge in [-0.05, 0) is 48.9 Å². The molecule has 0 atom stereocenters. The second kappa shape index (κ2) is 5.93. The summed E-state index contributed by atoms with van der Waals surface area (Å²) in [6, 6.07) is 9.32. The number of aryl methyl sites for hydroxylation is 1. The number of benzene rings is 2. The van der Waals surface area contributed by atoms with Gasteiger partial charge in [-0.1, -0.05) is 11.6 Å². The van der Waals surface area contributed by atoms with Gasteiger partial charge in [0.15, 0.2) is 0 Å². The molecule has 2 N–H and O–H groups in total. The number of methoxy groups -OCH3 is 1. The van der Waals surface area contributed by atoms with Crippen molar-refractivity contribution in [1.29, 1.82) is 0 Å². The molecule has 0 aliphatic carbocycles. The first-order valence-electron chi connectivity index (χ1n) is 6.92. The number of carbonyl (C=O) groups is 1. The largest absolute Gasteiger partial charge is 0.495 e. The first-order valence-corrected chi connectivity index (χ1v) is 7.30. The maximum atomic E-state index is 13.3. The lowest BCUT2D eigenvalue weighted by Crippen LogP contribution is -2.14. The van der Waals surface area contributed by atoms with E-state index in [9.17, 15) is 9.18 Å². The highest BCUT2D eigenvalue weighted by molar-refractivity contribution is 6.31. The Morgan fingerprint density at radius 1 is 1.26 bits per heavy atom. The zero-order valence-corrected chi connectivity index (χ0v) is 13.3. The summed E-state index contributed by atoms with van der Waals surface area (Å²) in [5.74, 6) is -0.204. The van der Waals surface area contributed by atoms with Gasteiger partial charge in [0.2, 0.25) is 0 Å². The fraction of sp³-hybridized carbons (Fsp3) is 0.118. The molecule has 118 valence electrons. The molecule has 3 rings (SSSR count). The van der Waals surface area contributed by atoms with E-state index in [1.165, 1.54) is 19.2 Å². The van der Waals surface area contributed by atoms with Crippen molar-refractivity contribution in [1.82, 2.24) is 4.98 Å². The Morgan fingerprint density at radius 2 is 2.04 bits per heavy atom. The Hall–Kier alpha value is -2.53. The van der Waals surface area contributed by atoms with E-state index < -0.39 is 0 Å². The van der Waals surface area contributed by atoms with E-state index in [1.54, 1.807) is 31.2 Å². The Labute approximate surface area is 137 Å². The van der Waals surface area contributed by atoms with Crippen molar-refractivity contribution in [3.63, 3.8) is 0 Å². The number of hydrogen-bond donors (Lipinski definition) is 2. The van der Waals surface area contributed by atoms with Crippen molar-refractivity contribution in [2.45, 2.75) is 6.92 Å². The van der Waals surface area contributed by atoms with Crippen molar-refractivity contribution in [2.24, 2.45) is 0 Å². The summed E-state index contributed by atoms with van der Waals surface area (Å²) in [5.41, 5.74) is 2.16. The fourth-order valence-corrected chi connectivity index (χ4v) is 2.67. The lowest BCUT2D eigenvalue weighted by molar-refractivity contribution is 0.102. The summed E-state index contributed by atoms with van der Waals surface area (Å²) in [7, 11) is 1.51. The van der Waals surface area contributed by atoms with Crippen LogP contribution in [-0.4, -0.2) is 18.0 Å². The van der Waals surface area contributed by atoms with Crippen LogP contribution in [0.15, 0.2) is 36.4 Å². The monoisotopic (exact) mass is 332 g/mol. The second-order valence-corrected chi connectivity index (χ2v) is 5.55. The number of fused-ring (bicyclic) bond motifs is 1. The molecule has 0 saturated carbocycles. The lowest BCUT2D eigenvalue weighted by Gasteiger charge is -2.10. The number of halogens is 2. The average molecular weight is 333 g/mol. The fourth-order valence-electron chi connectivity index (χ4n) is 2.50. The molecule has 1 aromatic heterocycles. The van der Waals surface area contributed by atoms with Gasteiger partial charge in [-0.25, -0.2) is 4.39 Å². The van der Waals surface area contributed by atoms with Crippen LogP contribution >= 0.6 is 11.6 Å². The average Bonchev–Trinajstić information content (AvgIpc) is 2.84. The molecule has 23 heavy (non-hydrogen) atoms. The van der Waals surface area contributed by atoms with Crippen LogP contribution < -0.4 is 10.1 Å². The van der Waals surface area contributed by atoms with Crippen molar-refractivity contribution in [2.75, 3.05) is 12.4 Å². The number of amides is 1. The summed E-state index contributed by atoms with van der Waals surface area (Å²) in [4.78, 5) is 15.5. The molecule has 6 heteroatoms. The van der Waals surface area contributed by atoms with E-state index in [4.69, 9.17) is 16.3 Å².